The molecule has 0 amide bonds. The minimum absolute atomic E-state index is 0.294. The van der Waals surface area contributed by atoms with E-state index < -0.39 is 0 Å². The topological polar surface area (TPSA) is 35.5 Å². The Kier molecular flexibility index (Phi) is 6.32. The molecule has 3 unspecified atom stereocenters. The van der Waals surface area contributed by atoms with E-state index >= 15 is 0 Å². The molecule has 0 aromatic rings. The first-order valence-electron chi connectivity index (χ1n) is 6.72. The van der Waals surface area contributed by atoms with Crippen LogP contribution in [0, 0.1) is 5.92 Å². The third-order valence-electron chi connectivity index (χ3n) is 3.84. The van der Waals surface area contributed by atoms with E-state index in [2.05, 4.69) is 31.1 Å². The van der Waals surface area contributed by atoms with Crippen LogP contribution in [0.25, 0.3) is 0 Å². The molecular weight excluding hydrogens is 200 g/mol. The number of nitrogens with zero attached hydrogens (tertiary/aromatic N) is 1. The van der Waals surface area contributed by atoms with Crippen LogP contribution in [0.3, 0.4) is 0 Å². The van der Waals surface area contributed by atoms with Crippen LogP contribution < -0.4 is 5.32 Å². The van der Waals surface area contributed by atoms with E-state index in [1.807, 2.05) is 0 Å². The summed E-state index contributed by atoms with van der Waals surface area (Å²) in [6.07, 6.45) is 4.65. The predicted molar refractivity (Wildman–Crippen MR) is 68.6 cm³/mol. The summed E-state index contributed by atoms with van der Waals surface area (Å²) < 4.78 is 0. The van der Waals surface area contributed by atoms with Crippen molar-refractivity contribution in [3.63, 3.8) is 0 Å². The van der Waals surface area contributed by atoms with Crippen molar-refractivity contribution in [1.29, 1.82) is 0 Å². The SMILES string of the molecule is CCC(CCO)NC(C)C1CCCN(C)C1. The number of aliphatic hydroxyl groups excluding tert-OH is 1. The highest BCUT2D eigenvalue weighted by Crippen LogP contribution is 2.19. The van der Waals surface area contributed by atoms with Gasteiger partial charge in [0.15, 0.2) is 0 Å². The van der Waals surface area contributed by atoms with E-state index in [4.69, 9.17) is 5.11 Å². The van der Waals surface area contributed by atoms with Gasteiger partial charge >= 0.3 is 0 Å². The Labute approximate surface area is 100 Å². The van der Waals surface area contributed by atoms with Gasteiger partial charge in [0.05, 0.1) is 0 Å². The van der Waals surface area contributed by atoms with E-state index in [0.29, 0.717) is 18.7 Å². The summed E-state index contributed by atoms with van der Waals surface area (Å²) in [6, 6.07) is 1.05. The maximum absolute atomic E-state index is 8.98. The van der Waals surface area contributed by atoms with Crippen LogP contribution in [0.2, 0.25) is 0 Å². The summed E-state index contributed by atoms with van der Waals surface area (Å²) in [5, 5.41) is 12.7. The Morgan fingerprint density at radius 3 is 2.81 bits per heavy atom. The van der Waals surface area contributed by atoms with Crippen molar-refractivity contribution in [1.82, 2.24) is 10.2 Å². The summed E-state index contributed by atoms with van der Waals surface area (Å²) in [4.78, 5) is 2.43. The molecule has 16 heavy (non-hydrogen) atoms. The fourth-order valence-corrected chi connectivity index (χ4v) is 2.68. The number of likely N-dealkylation sites (tertiary alicyclic amines) is 1. The zero-order valence-corrected chi connectivity index (χ0v) is 11.1. The molecule has 3 atom stereocenters. The molecule has 1 aliphatic heterocycles. The average molecular weight is 228 g/mol. The number of piperidine rings is 1. The first kappa shape index (κ1) is 13.9. The zero-order chi connectivity index (χ0) is 12.0. The lowest BCUT2D eigenvalue weighted by Gasteiger charge is -2.35. The molecule has 3 nitrogen and oxygen atoms in total. The number of hydrogen-bond acceptors (Lipinski definition) is 3. The largest absolute Gasteiger partial charge is 0.396 e. The van der Waals surface area contributed by atoms with Gasteiger partial charge < -0.3 is 15.3 Å². The van der Waals surface area contributed by atoms with Gasteiger partial charge in [0.25, 0.3) is 0 Å². The van der Waals surface area contributed by atoms with Crippen LogP contribution in [0.1, 0.15) is 39.5 Å². The van der Waals surface area contributed by atoms with Crippen molar-refractivity contribution in [2.45, 2.75) is 51.6 Å². The number of rotatable bonds is 6. The Balaban J connectivity index is 2.34. The molecule has 1 rings (SSSR count). The molecule has 2 N–H and O–H groups in total. The van der Waals surface area contributed by atoms with Gasteiger partial charge in [0, 0.05) is 25.2 Å². The van der Waals surface area contributed by atoms with Crippen LogP contribution >= 0.6 is 0 Å². The van der Waals surface area contributed by atoms with Crippen LogP contribution in [0.15, 0.2) is 0 Å². The number of aliphatic hydroxyl groups is 1. The second-order valence-corrected chi connectivity index (χ2v) is 5.24. The molecule has 1 fully saturated rings. The summed E-state index contributed by atoms with van der Waals surface area (Å²) in [6.45, 7) is 7.24. The normalized spacial score (nSPS) is 26.6. The monoisotopic (exact) mass is 228 g/mol. The molecule has 0 aromatic heterocycles. The van der Waals surface area contributed by atoms with E-state index in [9.17, 15) is 0 Å². The Morgan fingerprint density at radius 2 is 2.25 bits per heavy atom. The zero-order valence-electron chi connectivity index (χ0n) is 11.1. The fraction of sp³-hybridized carbons (Fsp3) is 1.00. The van der Waals surface area contributed by atoms with Gasteiger partial charge in [-0.25, -0.2) is 0 Å². The molecule has 0 aliphatic carbocycles. The quantitative estimate of drug-likeness (QED) is 0.722. The van der Waals surface area contributed by atoms with E-state index in [1.165, 1.54) is 25.9 Å². The minimum atomic E-state index is 0.294. The molecule has 1 aliphatic rings. The Hall–Kier alpha value is -0.120. The predicted octanol–water partition coefficient (Wildman–Crippen LogP) is 1.47. The summed E-state index contributed by atoms with van der Waals surface area (Å²) in [5.41, 5.74) is 0. The first-order chi connectivity index (χ1) is 7.67. The van der Waals surface area contributed by atoms with Crippen LogP contribution in [0.4, 0.5) is 0 Å². The smallest absolute Gasteiger partial charge is 0.0445 e. The van der Waals surface area contributed by atoms with E-state index in [0.717, 1.165) is 18.8 Å². The summed E-state index contributed by atoms with van der Waals surface area (Å²) >= 11 is 0. The van der Waals surface area contributed by atoms with Gasteiger partial charge in [0.1, 0.15) is 0 Å². The highest BCUT2D eigenvalue weighted by Gasteiger charge is 2.23. The summed E-state index contributed by atoms with van der Waals surface area (Å²) in [7, 11) is 2.21. The maximum Gasteiger partial charge on any atom is 0.0445 e. The van der Waals surface area contributed by atoms with Gasteiger partial charge in [-0.1, -0.05) is 6.92 Å². The fourth-order valence-electron chi connectivity index (χ4n) is 2.68. The summed E-state index contributed by atoms with van der Waals surface area (Å²) in [5.74, 6) is 0.770. The first-order valence-corrected chi connectivity index (χ1v) is 6.72. The maximum atomic E-state index is 8.98. The molecule has 3 heteroatoms. The van der Waals surface area contributed by atoms with E-state index in [-0.39, 0.29) is 0 Å². The second kappa shape index (κ2) is 7.25. The molecule has 0 saturated carbocycles. The van der Waals surface area contributed by atoms with Crippen molar-refractivity contribution in [3.05, 3.63) is 0 Å². The lowest BCUT2D eigenvalue weighted by atomic mass is 9.91. The number of hydrogen-bond donors (Lipinski definition) is 2. The van der Waals surface area contributed by atoms with Gasteiger partial charge in [0.2, 0.25) is 0 Å². The van der Waals surface area contributed by atoms with Crippen molar-refractivity contribution >= 4 is 0 Å². The Bertz CT molecular complexity index is 187. The molecule has 0 radical (unpaired) electrons. The van der Waals surface area contributed by atoms with E-state index in [1.54, 1.807) is 0 Å². The highest BCUT2D eigenvalue weighted by molar-refractivity contribution is 4.81. The van der Waals surface area contributed by atoms with Crippen molar-refractivity contribution < 1.29 is 5.11 Å². The average Bonchev–Trinajstić information content (AvgIpc) is 2.28. The molecule has 0 aromatic carbocycles. The molecular formula is C13H28N2O. The van der Waals surface area contributed by atoms with Crippen molar-refractivity contribution in [2.75, 3.05) is 26.7 Å². The van der Waals surface area contributed by atoms with Gasteiger partial charge in [-0.3, -0.25) is 0 Å². The van der Waals surface area contributed by atoms with Crippen molar-refractivity contribution in [2.24, 2.45) is 5.92 Å². The standard InChI is InChI=1S/C13H28N2O/c1-4-13(7-9-16)14-11(2)12-6-5-8-15(3)10-12/h11-14,16H,4-10H2,1-3H3. The molecule has 1 saturated heterocycles. The van der Waals surface area contributed by atoms with Gasteiger partial charge in [-0.15, -0.1) is 0 Å². The van der Waals surface area contributed by atoms with Gasteiger partial charge in [-0.2, -0.15) is 0 Å². The lowest BCUT2D eigenvalue weighted by molar-refractivity contribution is 0.166. The Morgan fingerprint density at radius 1 is 1.50 bits per heavy atom. The van der Waals surface area contributed by atoms with Crippen LogP contribution in [-0.4, -0.2) is 48.8 Å². The molecule has 0 bridgehead atoms. The highest BCUT2D eigenvalue weighted by atomic mass is 16.3. The third-order valence-corrected chi connectivity index (χ3v) is 3.84. The van der Waals surface area contributed by atoms with Crippen LogP contribution in [0.5, 0.6) is 0 Å². The van der Waals surface area contributed by atoms with Gasteiger partial charge in [-0.05, 0) is 52.1 Å². The van der Waals surface area contributed by atoms with Crippen LogP contribution in [-0.2, 0) is 0 Å². The second-order valence-electron chi connectivity index (χ2n) is 5.24. The lowest BCUT2D eigenvalue weighted by Crippen LogP contribution is -2.46. The molecule has 0 spiro atoms. The third kappa shape index (κ3) is 4.40. The minimum Gasteiger partial charge on any atom is -0.396 e. The molecule has 1 heterocycles. The van der Waals surface area contributed by atoms with Crippen molar-refractivity contribution in [3.8, 4) is 0 Å². The molecule has 96 valence electrons. The number of nitrogens with one attached hydrogen (secondary N) is 1.